The Balaban J connectivity index is 1.50. The molecule has 4 heterocycles. The van der Waals surface area contributed by atoms with Gasteiger partial charge in [0.2, 0.25) is 0 Å². The molecule has 0 amide bonds. The van der Waals surface area contributed by atoms with E-state index in [1.54, 1.807) is 17.7 Å². The second-order valence-corrected chi connectivity index (χ2v) is 10.3. The molecule has 2 aromatic heterocycles. The maximum Gasteiger partial charge on any atom is 0.387 e. The summed E-state index contributed by atoms with van der Waals surface area (Å²) >= 11 is 0. The zero-order valence-corrected chi connectivity index (χ0v) is 22.1. The van der Waals surface area contributed by atoms with E-state index in [0.717, 1.165) is 42.2 Å². The van der Waals surface area contributed by atoms with Gasteiger partial charge in [-0.1, -0.05) is 6.07 Å². The number of hydrogen-bond donors (Lipinski definition) is 0. The molecule has 0 radical (unpaired) electrons. The molecule has 0 spiro atoms. The fraction of sp³-hybridized carbons (Fsp3) is 0.556. The number of aromatic nitrogens is 3. The summed E-state index contributed by atoms with van der Waals surface area (Å²) < 4.78 is 54.3. The van der Waals surface area contributed by atoms with E-state index in [1.807, 2.05) is 11.6 Å². The monoisotopic (exact) mass is 533 g/mol. The smallest absolute Gasteiger partial charge is 0.387 e. The topological polar surface area (TPSA) is 64.8 Å². The highest BCUT2D eigenvalue weighted by atomic mass is 19.3. The highest BCUT2D eigenvalue weighted by Gasteiger charge is 2.37. The van der Waals surface area contributed by atoms with E-state index in [9.17, 15) is 18.0 Å². The van der Waals surface area contributed by atoms with Crippen LogP contribution in [0, 0.1) is 5.82 Å². The van der Waals surface area contributed by atoms with Crippen LogP contribution < -0.4 is 15.2 Å². The van der Waals surface area contributed by atoms with Gasteiger partial charge in [0.05, 0.1) is 0 Å². The van der Waals surface area contributed by atoms with Gasteiger partial charge in [-0.05, 0) is 52.2 Å². The lowest BCUT2D eigenvalue weighted by Gasteiger charge is -2.48. The normalized spacial score (nSPS) is 23.8. The van der Waals surface area contributed by atoms with E-state index in [2.05, 4.69) is 28.4 Å². The van der Waals surface area contributed by atoms with Gasteiger partial charge in [-0.25, -0.2) is 9.07 Å². The zero-order chi connectivity index (χ0) is 27.1. The van der Waals surface area contributed by atoms with E-state index in [-0.39, 0.29) is 35.7 Å². The van der Waals surface area contributed by atoms with E-state index in [1.165, 1.54) is 18.2 Å². The van der Waals surface area contributed by atoms with Gasteiger partial charge in [0.25, 0.3) is 5.56 Å². The van der Waals surface area contributed by atoms with Crippen molar-refractivity contribution in [1.82, 2.24) is 19.2 Å². The summed E-state index contributed by atoms with van der Waals surface area (Å²) in [5.74, 6) is 0.0732. The molecule has 8 nitrogen and oxygen atoms in total. The summed E-state index contributed by atoms with van der Waals surface area (Å²) in [6.45, 7) is 4.92. The van der Waals surface area contributed by atoms with Crippen molar-refractivity contribution < 1.29 is 22.6 Å². The minimum atomic E-state index is -3.04. The van der Waals surface area contributed by atoms with Gasteiger partial charge in [-0.3, -0.25) is 9.69 Å². The molecular weight excluding hydrogens is 499 g/mol. The molecule has 0 bridgehead atoms. The molecule has 2 fully saturated rings. The quantitative estimate of drug-likeness (QED) is 0.452. The van der Waals surface area contributed by atoms with Crippen LogP contribution in [0.3, 0.4) is 0 Å². The van der Waals surface area contributed by atoms with Crippen molar-refractivity contribution in [1.29, 1.82) is 0 Å². The molecular formula is C27H34F3N5O3. The van der Waals surface area contributed by atoms with Gasteiger partial charge in [0, 0.05) is 62.6 Å². The number of alkyl halides is 2. The SMILES string of the molecule is CC(c1ccc(F)cc1OC(F)F)N1C[C@H](C)N(c2c3c(ccc(=O)n3C)nn2C2CCCCO2)C[C@H]1C. The molecule has 2 aliphatic heterocycles. The summed E-state index contributed by atoms with van der Waals surface area (Å²) in [6, 6.07) is 6.77. The van der Waals surface area contributed by atoms with Crippen LogP contribution in [0.2, 0.25) is 0 Å². The van der Waals surface area contributed by atoms with E-state index < -0.39 is 12.4 Å². The van der Waals surface area contributed by atoms with Crippen LogP contribution in [0.4, 0.5) is 19.0 Å². The first kappa shape index (κ1) is 26.6. The molecule has 0 saturated carbocycles. The molecule has 2 unspecified atom stereocenters. The number of fused-ring (bicyclic) bond motifs is 1. The first-order valence-electron chi connectivity index (χ1n) is 13.1. The highest BCUT2D eigenvalue weighted by molar-refractivity contribution is 5.87. The summed E-state index contributed by atoms with van der Waals surface area (Å²) in [7, 11) is 1.76. The maximum atomic E-state index is 13.8. The number of hydrogen-bond acceptors (Lipinski definition) is 6. The van der Waals surface area contributed by atoms with Crippen LogP contribution in [0.1, 0.15) is 57.9 Å². The molecule has 5 rings (SSSR count). The Morgan fingerprint density at radius 3 is 2.61 bits per heavy atom. The Labute approximate surface area is 219 Å². The molecule has 2 aliphatic rings. The third-order valence-corrected chi connectivity index (χ3v) is 7.81. The van der Waals surface area contributed by atoms with E-state index in [4.69, 9.17) is 9.84 Å². The second-order valence-electron chi connectivity index (χ2n) is 10.3. The van der Waals surface area contributed by atoms with Crippen LogP contribution in [0.15, 0.2) is 35.1 Å². The Bertz CT molecular complexity index is 1350. The van der Waals surface area contributed by atoms with Gasteiger partial charge in [0.15, 0.2) is 12.0 Å². The van der Waals surface area contributed by atoms with Crippen LogP contribution in [0.25, 0.3) is 11.0 Å². The lowest BCUT2D eigenvalue weighted by Crippen LogP contribution is -2.57. The summed E-state index contributed by atoms with van der Waals surface area (Å²) in [6.07, 6.45) is 2.68. The molecule has 2 saturated heterocycles. The standard InChI is InChI=1S/C27H34F3N5O3/c1-16-15-34(17(2)14-33(16)18(3)20-9-8-19(28)13-22(20)38-27(29)30)26-25-21(10-11-23(36)32(25)4)31-35(26)24-7-5-6-12-37-24/h8-11,13,16-18,24,27H,5-7,12,14-15H2,1-4H3/t16-,17+,18?,24?/m1/s1. The molecule has 0 N–H and O–H groups in total. The van der Waals surface area contributed by atoms with Crippen molar-refractivity contribution in [2.24, 2.45) is 7.05 Å². The number of aryl methyl sites for hydroxylation is 1. The van der Waals surface area contributed by atoms with Crippen LogP contribution in [-0.2, 0) is 11.8 Å². The van der Waals surface area contributed by atoms with Crippen LogP contribution >= 0.6 is 0 Å². The number of pyridine rings is 1. The number of benzene rings is 1. The Kier molecular flexibility index (Phi) is 7.41. The Morgan fingerprint density at radius 2 is 1.89 bits per heavy atom. The fourth-order valence-corrected chi connectivity index (χ4v) is 5.84. The van der Waals surface area contributed by atoms with Crippen molar-refractivity contribution in [2.75, 3.05) is 24.6 Å². The Morgan fingerprint density at radius 1 is 1.11 bits per heavy atom. The number of anilines is 1. The minimum Gasteiger partial charge on any atom is -0.434 e. The number of ether oxygens (including phenoxy) is 2. The maximum absolute atomic E-state index is 13.8. The van der Waals surface area contributed by atoms with Crippen molar-refractivity contribution in [3.8, 4) is 5.75 Å². The average Bonchev–Trinajstić information content (AvgIpc) is 3.27. The number of rotatable bonds is 6. The van der Waals surface area contributed by atoms with Gasteiger partial charge in [-0.15, -0.1) is 0 Å². The second kappa shape index (κ2) is 10.6. The molecule has 0 aliphatic carbocycles. The third kappa shape index (κ3) is 4.89. The van der Waals surface area contributed by atoms with Crippen molar-refractivity contribution in [3.05, 3.63) is 52.1 Å². The van der Waals surface area contributed by atoms with Crippen LogP contribution in [-0.4, -0.2) is 57.6 Å². The summed E-state index contributed by atoms with van der Waals surface area (Å²) in [4.78, 5) is 17.1. The number of nitrogens with zero attached hydrogens (tertiary/aromatic N) is 5. The molecule has 1 aromatic carbocycles. The molecule has 11 heteroatoms. The average molecular weight is 534 g/mol. The van der Waals surface area contributed by atoms with Crippen molar-refractivity contribution >= 4 is 16.9 Å². The van der Waals surface area contributed by atoms with Gasteiger partial charge in [-0.2, -0.15) is 13.9 Å². The molecule has 4 atom stereocenters. The summed E-state index contributed by atoms with van der Waals surface area (Å²) in [5, 5.41) is 4.88. The molecule has 206 valence electrons. The molecule has 38 heavy (non-hydrogen) atoms. The van der Waals surface area contributed by atoms with Crippen molar-refractivity contribution in [2.45, 2.75) is 71.0 Å². The number of piperazine rings is 1. The van der Waals surface area contributed by atoms with E-state index in [0.29, 0.717) is 25.3 Å². The summed E-state index contributed by atoms with van der Waals surface area (Å²) in [5.41, 5.74) is 1.89. The Hall–Kier alpha value is -3.05. The van der Waals surface area contributed by atoms with E-state index >= 15 is 0 Å². The first-order valence-corrected chi connectivity index (χ1v) is 13.1. The largest absolute Gasteiger partial charge is 0.434 e. The van der Waals surface area contributed by atoms with Gasteiger partial charge in [0.1, 0.15) is 22.6 Å². The predicted octanol–water partition coefficient (Wildman–Crippen LogP) is 4.83. The number of halogens is 3. The first-order chi connectivity index (χ1) is 18.2. The minimum absolute atomic E-state index is 0.00272. The lowest BCUT2D eigenvalue weighted by molar-refractivity contribution is -0.0515. The van der Waals surface area contributed by atoms with Crippen molar-refractivity contribution in [3.63, 3.8) is 0 Å². The third-order valence-electron chi connectivity index (χ3n) is 7.81. The van der Waals surface area contributed by atoms with Gasteiger partial charge >= 0.3 is 6.61 Å². The highest BCUT2D eigenvalue weighted by Crippen LogP contribution is 2.38. The zero-order valence-electron chi connectivity index (χ0n) is 22.1. The lowest BCUT2D eigenvalue weighted by atomic mass is 10.00. The van der Waals surface area contributed by atoms with Gasteiger partial charge < -0.3 is 18.9 Å². The van der Waals surface area contributed by atoms with Crippen LogP contribution in [0.5, 0.6) is 5.75 Å². The predicted molar refractivity (Wildman–Crippen MR) is 138 cm³/mol. The fourth-order valence-electron chi connectivity index (χ4n) is 5.84. The molecule has 3 aromatic rings.